The molecule has 0 aliphatic heterocycles. The molecule has 2 rings (SSSR count). The number of amides is 2. The third-order valence-electron chi connectivity index (χ3n) is 3.01. The van der Waals surface area contributed by atoms with Crippen LogP contribution in [-0.2, 0) is 11.3 Å². The van der Waals surface area contributed by atoms with Gasteiger partial charge in [-0.05, 0) is 38.5 Å². The molecule has 26 heavy (non-hydrogen) atoms. The first-order valence-electron chi connectivity index (χ1n) is 7.79. The minimum absolute atomic E-state index is 0.269. The summed E-state index contributed by atoms with van der Waals surface area (Å²) >= 11 is 0. The monoisotopic (exact) mass is 363 g/mol. The predicted molar refractivity (Wildman–Crippen MR) is 92.9 cm³/mol. The summed E-state index contributed by atoms with van der Waals surface area (Å²) in [5.41, 5.74) is 0.665. The van der Waals surface area contributed by atoms with Crippen molar-refractivity contribution in [2.24, 2.45) is 0 Å². The van der Waals surface area contributed by atoms with E-state index in [1.165, 1.54) is 12.1 Å². The van der Waals surface area contributed by atoms with Gasteiger partial charge in [0.05, 0.1) is 0 Å². The van der Waals surface area contributed by atoms with Gasteiger partial charge in [-0.2, -0.15) is 0 Å². The third kappa shape index (κ3) is 5.62. The lowest BCUT2D eigenvalue weighted by Crippen LogP contribution is -2.32. The number of anilines is 1. The molecule has 4 N–H and O–H groups in total. The average Bonchev–Trinajstić information content (AvgIpc) is 2.84. The number of ether oxygens (including phenoxy) is 1. The summed E-state index contributed by atoms with van der Waals surface area (Å²) in [6.07, 6.45) is -1.42. The lowest BCUT2D eigenvalue weighted by molar-refractivity contribution is 0.0523. The van der Waals surface area contributed by atoms with Crippen molar-refractivity contribution in [3.05, 3.63) is 42.0 Å². The van der Waals surface area contributed by atoms with E-state index < -0.39 is 29.5 Å². The predicted octanol–water partition coefficient (Wildman–Crippen LogP) is 2.58. The van der Waals surface area contributed by atoms with Gasteiger partial charge >= 0.3 is 12.2 Å². The van der Waals surface area contributed by atoms with Crippen LogP contribution in [0.5, 0.6) is 11.8 Å². The van der Waals surface area contributed by atoms with Crippen molar-refractivity contribution >= 4 is 17.9 Å². The standard InChI is InChI=1S/C17H21N3O6/c1-17(2,3)25-15(23)18-10-11-4-6-12(7-5-11)19-16(24)26-20-13(21)8-9-14(20)22/h4-9,21-22H,10H2,1-3H3,(H,18,23)(H,19,24). The Bertz CT molecular complexity index is 757. The Kier molecular flexibility index (Phi) is 5.61. The number of alkyl carbamates (subject to hydrolysis) is 1. The molecule has 0 bridgehead atoms. The van der Waals surface area contributed by atoms with Crippen LogP contribution in [0.4, 0.5) is 15.3 Å². The van der Waals surface area contributed by atoms with Crippen LogP contribution in [0.3, 0.4) is 0 Å². The number of carbonyl (C=O) groups excluding carboxylic acids is 2. The van der Waals surface area contributed by atoms with Gasteiger partial charge in [-0.25, -0.2) is 9.59 Å². The largest absolute Gasteiger partial charge is 0.492 e. The molecule has 140 valence electrons. The van der Waals surface area contributed by atoms with Gasteiger partial charge in [0.2, 0.25) is 11.8 Å². The molecule has 0 saturated carbocycles. The summed E-state index contributed by atoms with van der Waals surface area (Å²) in [4.78, 5) is 28.1. The van der Waals surface area contributed by atoms with E-state index in [2.05, 4.69) is 10.6 Å². The number of aromatic nitrogens is 1. The number of hydrogen-bond donors (Lipinski definition) is 4. The molecule has 2 amide bonds. The van der Waals surface area contributed by atoms with Crippen molar-refractivity contribution in [3.63, 3.8) is 0 Å². The highest BCUT2D eigenvalue weighted by atomic mass is 16.7. The summed E-state index contributed by atoms with van der Waals surface area (Å²) in [7, 11) is 0. The number of rotatable bonds is 4. The first kappa shape index (κ1) is 19.0. The smallest absolute Gasteiger partial charge is 0.436 e. The van der Waals surface area contributed by atoms with E-state index in [0.717, 1.165) is 5.56 Å². The highest BCUT2D eigenvalue weighted by Gasteiger charge is 2.16. The van der Waals surface area contributed by atoms with Crippen LogP contribution in [-0.4, -0.2) is 32.7 Å². The minimum atomic E-state index is -0.897. The number of benzene rings is 1. The minimum Gasteiger partial charge on any atom is -0.492 e. The van der Waals surface area contributed by atoms with Crippen molar-refractivity contribution < 1.29 is 29.4 Å². The van der Waals surface area contributed by atoms with Gasteiger partial charge in [-0.3, -0.25) is 5.32 Å². The van der Waals surface area contributed by atoms with E-state index in [0.29, 0.717) is 10.4 Å². The second-order valence-corrected chi connectivity index (χ2v) is 6.40. The van der Waals surface area contributed by atoms with Gasteiger partial charge < -0.3 is 25.1 Å². The highest BCUT2D eigenvalue weighted by molar-refractivity contribution is 5.84. The summed E-state index contributed by atoms with van der Waals surface area (Å²) in [6, 6.07) is 8.99. The van der Waals surface area contributed by atoms with Crippen LogP contribution in [0, 0.1) is 0 Å². The number of carbonyl (C=O) groups is 2. The summed E-state index contributed by atoms with van der Waals surface area (Å²) < 4.78 is 5.72. The van der Waals surface area contributed by atoms with Gasteiger partial charge in [0.15, 0.2) is 0 Å². The van der Waals surface area contributed by atoms with Crippen molar-refractivity contribution in [3.8, 4) is 11.8 Å². The van der Waals surface area contributed by atoms with Gasteiger partial charge in [0.1, 0.15) is 5.60 Å². The fourth-order valence-electron chi connectivity index (χ4n) is 1.91. The summed E-state index contributed by atoms with van der Waals surface area (Å²) in [5, 5.41) is 23.9. The Labute approximate surface area is 150 Å². The molecule has 0 saturated heterocycles. The van der Waals surface area contributed by atoms with E-state index in [-0.39, 0.29) is 6.54 Å². The van der Waals surface area contributed by atoms with E-state index >= 15 is 0 Å². The van der Waals surface area contributed by atoms with Crippen LogP contribution in [0.15, 0.2) is 36.4 Å². The van der Waals surface area contributed by atoms with Crippen molar-refractivity contribution in [1.29, 1.82) is 0 Å². The third-order valence-corrected chi connectivity index (χ3v) is 3.01. The lowest BCUT2D eigenvalue weighted by Gasteiger charge is -2.19. The summed E-state index contributed by atoms with van der Waals surface area (Å²) in [6.45, 7) is 5.60. The maximum absolute atomic E-state index is 11.8. The molecule has 0 atom stereocenters. The van der Waals surface area contributed by atoms with Gasteiger partial charge in [-0.1, -0.05) is 12.1 Å². The maximum Gasteiger partial charge on any atom is 0.436 e. The van der Waals surface area contributed by atoms with Crippen molar-refractivity contribution in [1.82, 2.24) is 10.0 Å². The quantitative estimate of drug-likeness (QED) is 0.662. The molecule has 0 spiro atoms. The first-order valence-corrected chi connectivity index (χ1v) is 7.79. The molecule has 1 aromatic carbocycles. The number of hydrogen-bond acceptors (Lipinski definition) is 6. The SMILES string of the molecule is CC(C)(C)OC(=O)NCc1ccc(NC(=O)On2c(O)ccc2O)cc1. The molecule has 0 fully saturated rings. The molecule has 2 aromatic rings. The highest BCUT2D eigenvalue weighted by Crippen LogP contribution is 2.19. The molecule has 0 aliphatic carbocycles. The van der Waals surface area contributed by atoms with Crippen LogP contribution >= 0.6 is 0 Å². The average molecular weight is 363 g/mol. The van der Waals surface area contributed by atoms with E-state index in [4.69, 9.17) is 9.57 Å². The molecule has 1 aromatic heterocycles. The van der Waals surface area contributed by atoms with Crippen molar-refractivity contribution in [2.75, 3.05) is 5.32 Å². The molecular weight excluding hydrogens is 342 g/mol. The zero-order valence-corrected chi connectivity index (χ0v) is 14.6. The van der Waals surface area contributed by atoms with Gasteiger partial charge in [-0.15, -0.1) is 4.73 Å². The molecule has 9 heteroatoms. The molecular formula is C17H21N3O6. The van der Waals surface area contributed by atoms with Crippen molar-refractivity contribution in [2.45, 2.75) is 32.9 Å². The van der Waals surface area contributed by atoms with Crippen LogP contribution < -0.4 is 15.5 Å². The second kappa shape index (κ2) is 7.68. The maximum atomic E-state index is 11.8. The molecule has 1 heterocycles. The topological polar surface area (TPSA) is 122 Å². The Morgan fingerprint density at radius 1 is 1.00 bits per heavy atom. The fraction of sp³-hybridized carbons (Fsp3) is 0.294. The molecule has 9 nitrogen and oxygen atoms in total. The summed E-state index contributed by atoms with van der Waals surface area (Å²) in [5.74, 6) is -0.831. The van der Waals surface area contributed by atoms with Crippen LogP contribution in [0.25, 0.3) is 0 Å². The Balaban J connectivity index is 1.85. The fourth-order valence-corrected chi connectivity index (χ4v) is 1.91. The van der Waals surface area contributed by atoms with E-state index in [1.54, 1.807) is 45.0 Å². The zero-order chi connectivity index (χ0) is 19.3. The number of aromatic hydroxyl groups is 2. The number of nitrogens with one attached hydrogen (secondary N) is 2. The Morgan fingerprint density at radius 2 is 1.58 bits per heavy atom. The molecule has 0 unspecified atom stereocenters. The van der Waals surface area contributed by atoms with Crippen LogP contribution in [0.1, 0.15) is 26.3 Å². The van der Waals surface area contributed by atoms with Crippen LogP contribution in [0.2, 0.25) is 0 Å². The molecule has 0 aliphatic rings. The molecule has 0 radical (unpaired) electrons. The van der Waals surface area contributed by atoms with E-state index in [9.17, 15) is 19.8 Å². The Morgan fingerprint density at radius 3 is 2.12 bits per heavy atom. The van der Waals surface area contributed by atoms with E-state index in [1.807, 2.05) is 0 Å². The van der Waals surface area contributed by atoms with Gasteiger partial charge in [0.25, 0.3) is 0 Å². The first-order chi connectivity index (χ1) is 12.1. The number of nitrogens with zero attached hydrogens (tertiary/aromatic N) is 1. The lowest BCUT2D eigenvalue weighted by atomic mass is 10.2. The normalized spacial score (nSPS) is 10.9. The zero-order valence-electron chi connectivity index (χ0n) is 14.6. The second-order valence-electron chi connectivity index (χ2n) is 6.40. The Hall–Kier alpha value is -3.36. The van der Waals surface area contributed by atoms with Gasteiger partial charge in [0, 0.05) is 24.4 Å².